The molecule has 2 N–H and O–H groups in total. The first-order valence-corrected chi connectivity index (χ1v) is 4.41. The Morgan fingerprint density at radius 3 is 2.87 bits per heavy atom. The normalized spacial score (nSPS) is 14.3. The monoisotopic (exact) mass is 210 g/mol. The summed E-state index contributed by atoms with van der Waals surface area (Å²) in [5.74, 6) is -0.723. The lowest BCUT2D eigenvalue weighted by molar-refractivity contribution is 0.0210. The summed E-state index contributed by atoms with van der Waals surface area (Å²) in [6.07, 6.45) is -1.41. The first-order valence-electron chi connectivity index (χ1n) is 4.41. The number of hydrogen-bond donors (Lipinski definition) is 2. The molecule has 1 rings (SSSR count). The van der Waals surface area contributed by atoms with Gasteiger partial charge in [-0.2, -0.15) is 9.65 Å². The van der Waals surface area contributed by atoms with Crippen LogP contribution in [0.5, 0.6) is 0 Å². The van der Waals surface area contributed by atoms with Crippen LogP contribution in [0.25, 0.3) is 0 Å². The lowest BCUT2D eigenvalue weighted by atomic mass is 10.00. The second kappa shape index (κ2) is 4.82. The third kappa shape index (κ3) is 2.72. The molecule has 0 aliphatic rings. The van der Waals surface area contributed by atoms with Crippen LogP contribution in [0.15, 0.2) is 12.3 Å². The van der Waals surface area contributed by atoms with Crippen molar-refractivity contribution in [1.82, 2.24) is 4.98 Å². The fraction of sp³-hybridized carbons (Fsp3) is 0.400. The third-order valence-corrected chi connectivity index (χ3v) is 2.10. The van der Waals surface area contributed by atoms with Crippen molar-refractivity contribution in [1.29, 1.82) is 5.26 Å². The Hall–Kier alpha value is -1.51. The molecule has 1 aromatic rings. The number of aryl methyl sites for hydroxylation is 1. The van der Waals surface area contributed by atoms with E-state index in [1.807, 2.05) is 0 Å². The first kappa shape index (κ1) is 11.6. The predicted octanol–water partition coefficient (Wildman–Crippen LogP) is 0.837. The largest absolute Gasteiger partial charge is 0.389 e. The van der Waals surface area contributed by atoms with Crippen molar-refractivity contribution in [3.8, 4) is 6.07 Å². The highest BCUT2D eigenvalue weighted by atomic mass is 19.1. The average molecular weight is 210 g/mol. The minimum absolute atomic E-state index is 0.204. The maximum atomic E-state index is 12.8. The molecule has 0 aliphatic carbocycles. The Kier molecular flexibility index (Phi) is 3.72. The van der Waals surface area contributed by atoms with Crippen LogP contribution in [-0.2, 0) is 0 Å². The van der Waals surface area contributed by atoms with Gasteiger partial charge in [0.15, 0.2) is 0 Å². The van der Waals surface area contributed by atoms with Crippen molar-refractivity contribution < 1.29 is 14.6 Å². The average Bonchev–Trinajstić information content (AvgIpc) is 2.21. The lowest BCUT2D eigenvalue weighted by Crippen LogP contribution is -2.18. The van der Waals surface area contributed by atoms with Crippen LogP contribution in [-0.4, -0.2) is 21.3 Å². The van der Waals surface area contributed by atoms with Gasteiger partial charge in [-0.1, -0.05) is 0 Å². The molecule has 5 heteroatoms. The van der Waals surface area contributed by atoms with Gasteiger partial charge < -0.3 is 10.2 Å². The molecule has 0 aliphatic heterocycles. The number of halogens is 1. The molecule has 0 aromatic carbocycles. The van der Waals surface area contributed by atoms with Crippen molar-refractivity contribution in [2.75, 3.05) is 0 Å². The Balaban J connectivity index is 2.95. The molecule has 0 saturated carbocycles. The zero-order chi connectivity index (χ0) is 11.4. The van der Waals surface area contributed by atoms with Gasteiger partial charge in [0.2, 0.25) is 5.95 Å². The van der Waals surface area contributed by atoms with E-state index >= 15 is 0 Å². The minimum atomic E-state index is -1.26. The van der Waals surface area contributed by atoms with Gasteiger partial charge in [0.1, 0.15) is 6.10 Å². The number of aliphatic hydroxyl groups is 2. The molecular formula is C10H11FN2O2. The highest BCUT2D eigenvalue weighted by Crippen LogP contribution is 2.22. The van der Waals surface area contributed by atoms with Gasteiger partial charge in [-0.15, -0.1) is 0 Å². The molecule has 1 aromatic heterocycles. The highest BCUT2D eigenvalue weighted by molar-refractivity contribution is 5.25. The second-order valence-electron chi connectivity index (χ2n) is 3.24. The summed E-state index contributed by atoms with van der Waals surface area (Å²) >= 11 is 0. The minimum Gasteiger partial charge on any atom is -0.389 e. The van der Waals surface area contributed by atoms with Gasteiger partial charge in [0, 0.05) is 6.20 Å². The Morgan fingerprint density at radius 1 is 1.60 bits per heavy atom. The maximum absolute atomic E-state index is 12.8. The van der Waals surface area contributed by atoms with Crippen LogP contribution in [0.2, 0.25) is 0 Å². The molecule has 80 valence electrons. The number of aromatic nitrogens is 1. The van der Waals surface area contributed by atoms with E-state index in [0.717, 1.165) is 6.07 Å². The number of aliphatic hydroxyl groups excluding tert-OH is 2. The maximum Gasteiger partial charge on any atom is 0.213 e. The molecule has 0 amide bonds. The molecule has 0 radical (unpaired) electrons. The van der Waals surface area contributed by atoms with Crippen LogP contribution in [0.3, 0.4) is 0 Å². The van der Waals surface area contributed by atoms with Crippen molar-refractivity contribution in [2.45, 2.75) is 25.6 Å². The number of nitrogens with zero attached hydrogens (tertiary/aromatic N) is 2. The predicted molar refractivity (Wildman–Crippen MR) is 50.1 cm³/mol. The summed E-state index contributed by atoms with van der Waals surface area (Å²) in [6.45, 7) is 1.64. The van der Waals surface area contributed by atoms with E-state index in [4.69, 9.17) is 5.26 Å². The zero-order valence-electron chi connectivity index (χ0n) is 8.18. The van der Waals surface area contributed by atoms with Gasteiger partial charge in [0.25, 0.3) is 0 Å². The number of pyridine rings is 1. The summed E-state index contributed by atoms with van der Waals surface area (Å²) in [4.78, 5) is 3.40. The van der Waals surface area contributed by atoms with Gasteiger partial charge >= 0.3 is 0 Å². The fourth-order valence-corrected chi connectivity index (χ4v) is 1.24. The van der Waals surface area contributed by atoms with Crippen LogP contribution >= 0.6 is 0 Å². The summed E-state index contributed by atoms with van der Waals surface area (Å²) in [5.41, 5.74) is 0.825. The topological polar surface area (TPSA) is 77.1 Å². The van der Waals surface area contributed by atoms with Crippen molar-refractivity contribution in [3.05, 3.63) is 29.3 Å². The number of hydrogen-bond acceptors (Lipinski definition) is 4. The van der Waals surface area contributed by atoms with Gasteiger partial charge in [-0.25, -0.2) is 4.98 Å². The molecule has 2 atom stereocenters. The summed E-state index contributed by atoms with van der Waals surface area (Å²) in [6, 6.07) is 2.79. The van der Waals surface area contributed by atoms with Crippen LogP contribution in [0.4, 0.5) is 4.39 Å². The standard InChI is InChI=1S/C10H11FN2O2/c1-6-5-13-9(11)4-7(6)10(15)8(14)2-3-12/h4-5,8,10,14-15H,2H2,1H3. The Bertz CT molecular complexity index is 389. The SMILES string of the molecule is Cc1cnc(F)cc1C(O)C(O)CC#N. The van der Waals surface area contributed by atoms with Crippen LogP contribution in [0, 0.1) is 24.2 Å². The molecule has 1 heterocycles. The van der Waals surface area contributed by atoms with E-state index in [1.165, 1.54) is 6.20 Å². The fourth-order valence-electron chi connectivity index (χ4n) is 1.24. The van der Waals surface area contributed by atoms with E-state index in [0.29, 0.717) is 5.56 Å². The van der Waals surface area contributed by atoms with Crippen molar-refractivity contribution >= 4 is 0 Å². The van der Waals surface area contributed by atoms with E-state index in [1.54, 1.807) is 13.0 Å². The van der Waals surface area contributed by atoms with Crippen LogP contribution in [0.1, 0.15) is 23.7 Å². The van der Waals surface area contributed by atoms with E-state index in [9.17, 15) is 14.6 Å². The molecular weight excluding hydrogens is 199 g/mol. The summed E-state index contributed by atoms with van der Waals surface area (Å²) in [7, 11) is 0. The van der Waals surface area contributed by atoms with Gasteiger partial charge in [-0.05, 0) is 24.1 Å². The van der Waals surface area contributed by atoms with Crippen molar-refractivity contribution in [2.24, 2.45) is 0 Å². The third-order valence-electron chi connectivity index (χ3n) is 2.10. The molecule has 0 saturated heterocycles. The molecule has 2 unspecified atom stereocenters. The van der Waals surface area contributed by atoms with Crippen molar-refractivity contribution in [3.63, 3.8) is 0 Å². The van der Waals surface area contributed by atoms with Gasteiger partial charge in [-0.3, -0.25) is 0 Å². The number of rotatable bonds is 3. The molecule has 0 fully saturated rings. The van der Waals surface area contributed by atoms with E-state index < -0.39 is 18.2 Å². The highest BCUT2D eigenvalue weighted by Gasteiger charge is 2.20. The van der Waals surface area contributed by atoms with E-state index in [2.05, 4.69) is 4.98 Å². The van der Waals surface area contributed by atoms with E-state index in [-0.39, 0.29) is 12.0 Å². The molecule has 15 heavy (non-hydrogen) atoms. The molecule has 0 spiro atoms. The Morgan fingerprint density at radius 2 is 2.27 bits per heavy atom. The Labute approximate surface area is 86.6 Å². The summed E-state index contributed by atoms with van der Waals surface area (Å²) < 4.78 is 12.8. The first-order chi connectivity index (χ1) is 7.06. The van der Waals surface area contributed by atoms with Crippen LogP contribution < -0.4 is 0 Å². The molecule has 4 nitrogen and oxygen atoms in total. The zero-order valence-corrected chi connectivity index (χ0v) is 8.18. The molecule has 0 bridgehead atoms. The smallest absolute Gasteiger partial charge is 0.213 e. The quantitative estimate of drug-likeness (QED) is 0.724. The summed E-state index contributed by atoms with van der Waals surface area (Å²) in [5, 5.41) is 27.3. The van der Waals surface area contributed by atoms with Gasteiger partial charge in [0.05, 0.1) is 18.6 Å². The lowest BCUT2D eigenvalue weighted by Gasteiger charge is -2.17. The second-order valence-corrected chi connectivity index (χ2v) is 3.24. The number of nitriles is 1.